The van der Waals surface area contributed by atoms with Crippen molar-refractivity contribution in [1.29, 1.82) is 0 Å². The van der Waals surface area contributed by atoms with Crippen LogP contribution in [0.15, 0.2) is 12.4 Å². The van der Waals surface area contributed by atoms with Crippen molar-refractivity contribution in [3.8, 4) is 0 Å². The fraction of sp³-hybridized carbons (Fsp3) is 0.167. The molecule has 0 amide bonds. The number of hydrogen-bond donors (Lipinski definition) is 2. The van der Waals surface area contributed by atoms with E-state index in [-0.39, 0.29) is 12.1 Å². The molecule has 5 heteroatoms. The molecule has 0 saturated carbocycles. The minimum absolute atomic E-state index is 0.220. The third-order valence-electron chi connectivity index (χ3n) is 1.21. The summed E-state index contributed by atoms with van der Waals surface area (Å²) in [6, 6.07) is 0. The van der Waals surface area contributed by atoms with Gasteiger partial charge in [0.1, 0.15) is 11.6 Å². The fourth-order valence-corrected chi connectivity index (χ4v) is 0.686. The minimum Gasteiger partial charge on any atom is -0.316 e. The van der Waals surface area contributed by atoms with Crippen LogP contribution in [0.5, 0.6) is 0 Å². The Labute approximate surface area is 61.6 Å². The van der Waals surface area contributed by atoms with E-state index in [0.29, 0.717) is 0 Å². The maximum Gasteiger partial charge on any atom is 0.148 e. The lowest BCUT2D eigenvalue weighted by Gasteiger charge is -2.00. The molecule has 0 saturated heterocycles. The molecule has 60 valence electrons. The average Bonchev–Trinajstić information content (AvgIpc) is 1.97. The van der Waals surface area contributed by atoms with Crippen molar-refractivity contribution in [2.75, 3.05) is 0 Å². The summed E-state index contributed by atoms with van der Waals surface area (Å²) in [5.74, 6) is -1.54. The average molecular weight is 160 g/mol. The molecule has 0 aliphatic rings. The van der Waals surface area contributed by atoms with Gasteiger partial charge in [0.05, 0.1) is 18.9 Å². The van der Waals surface area contributed by atoms with Gasteiger partial charge in [0.25, 0.3) is 0 Å². The second-order valence-corrected chi connectivity index (χ2v) is 1.92. The van der Waals surface area contributed by atoms with Crippen LogP contribution in [-0.4, -0.2) is 10.2 Å². The predicted molar refractivity (Wildman–Crippen MR) is 32.8 cm³/mol. The predicted octanol–water partition coefficient (Wildman–Crippen LogP) is 0.839. The van der Waals surface area contributed by atoms with Gasteiger partial charge in [-0.3, -0.25) is 4.98 Å². The monoisotopic (exact) mass is 160 g/mol. The quantitative estimate of drug-likeness (QED) is 0.630. The first kappa shape index (κ1) is 8.03. The van der Waals surface area contributed by atoms with E-state index in [4.69, 9.17) is 5.21 Å². The van der Waals surface area contributed by atoms with Gasteiger partial charge < -0.3 is 5.21 Å². The highest BCUT2D eigenvalue weighted by atomic mass is 19.1. The van der Waals surface area contributed by atoms with E-state index >= 15 is 0 Å². The highest BCUT2D eigenvalue weighted by Gasteiger charge is 2.07. The van der Waals surface area contributed by atoms with Gasteiger partial charge in [-0.1, -0.05) is 0 Å². The van der Waals surface area contributed by atoms with Crippen molar-refractivity contribution < 1.29 is 14.0 Å². The van der Waals surface area contributed by atoms with Crippen LogP contribution in [0.3, 0.4) is 0 Å². The number of nitrogens with zero attached hydrogens (tertiary/aromatic N) is 1. The molecule has 1 rings (SSSR count). The van der Waals surface area contributed by atoms with Crippen molar-refractivity contribution in [2.45, 2.75) is 6.54 Å². The first-order chi connectivity index (χ1) is 5.25. The van der Waals surface area contributed by atoms with E-state index in [1.165, 1.54) is 0 Å². The first-order valence-electron chi connectivity index (χ1n) is 2.90. The molecule has 1 aromatic rings. The lowest BCUT2D eigenvalue weighted by molar-refractivity contribution is 0.158. The van der Waals surface area contributed by atoms with E-state index in [9.17, 15) is 8.78 Å². The van der Waals surface area contributed by atoms with Crippen molar-refractivity contribution in [2.24, 2.45) is 0 Å². The van der Waals surface area contributed by atoms with Crippen molar-refractivity contribution in [1.82, 2.24) is 10.5 Å². The highest BCUT2D eigenvalue weighted by molar-refractivity contribution is 5.14. The van der Waals surface area contributed by atoms with Gasteiger partial charge in [-0.05, 0) is 0 Å². The van der Waals surface area contributed by atoms with Crippen LogP contribution >= 0.6 is 0 Å². The summed E-state index contributed by atoms with van der Waals surface area (Å²) in [5, 5.41) is 8.16. The summed E-state index contributed by atoms with van der Waals surface area (Å²) < 4.78 is 25.2. The van der Waals surface area contributed by atoms with Crippen LogP contribution in [0, 0.1) is 11.6 Å². The van der Waals surface area contributed by atoms with Crippen LogP contribution in [-0.2, 0) is 6.54 Å². The number of nitrogens with one attached hydrogen (secondary N) is 1. The van der Waals surface area contributed by atoms with Crippen molar-refractivity contribution in [3.63, 3.8) is 0 Å². The fourth-order valence-electron chi connectivity index (χ4n) is 0.686. The van der Waals surface area contributed by atoms with Gasteiger partial charge >= 0.3 is 0 Å². The second-order valence-electron chi connectivity index (χ2n) is 1.92. The Balaban J connectivity index is 3.00. The molecular weight excluding hydrogens is 154 g/mol. The molecule has 1 aromatic heterocycles. The van der Waals surface area contributed by atoms with E-state index in [2.05, 4.69) is 4.98 Å². The number of aromatic nitrogens is 1. The lowest BCUT2D eigenvalue weighted by Crippen LogP contribution is -2.10. The summed E-state index contributed by atoms with van der Waals surface area (Å²) >= 11 is 0. The SMILES string of the molecule is ONCc1c(F)cncc1F. The normalized spacial score (nSPS) is 10.1. The molecule has 0 aliphatic heterocycles. The Kier molecular flexibility index (Phi) is 2.45. The number of rotatable bonds is 2. The molecule has 0 aromatic carbocycles. The third-order valence-corrected chi connectivity index (χ3v) is 1.21. The second kappa shape index (κ2) is 3.36. The van der Waals surface area contributed by atoms with Crippen molar-refractivity contribution in [3.05, 3.63) is 29.6 Å². The zero-order chi connectivity index (χ0) is 8.27. The molecule has 1 heterocycles. The van der Waals surface area contributed by atoms with Gasteiger partial charge in [-0.15, -0.1) is 0 Å². The summed E-state index contributed by atoms with van der Waals surface area (Å²) in [5.41, 5.74) is 1.44. The minimum atomic E-state index is -0.772. The molecule has 2 N–H and O–H groups in total. The first-order valence-corrected chi connectivity index (χ1v) is 2.90. The van der Waals surface area contributed by atoms with E-state index in [1.54, 1.807) is 5.48 Å². The van der Waals surface area contributed by atoms with Gasteiger partial charge in [0.15, 0.2) is 0 Å². The maximum absolute atomic E-state index is 12.6. The molecule has 0 atom stereocenters. The van der Waals surface area contributed by atoms with Crippen LogP contribution in [0.25, 0.3) is 0 Å². The summed E-state index contributed by atoms with van der Waals surface area (Å²) in [6.07, 6.45) is 1.77. The van der Waals surface area contributed by atoms with Crippen LogP contribution < -0.4 is 5.48 Å². The zero-order valence-corrected chi connectivity index (χ0v) is 5.51. The molecule has 11 heavy (non-hydrogen) atoms. The molecule has 0 radical (unpaired) electrons. The van der Waals surface area contributed by atoms with Crippen LogP contribution in [0.1, 0.15) is 5.56 Å². The number of halogens is 2. The van der Waals surface area contributed by atoms with Gasteiger partial charge in [-0.2, -0.15) is 0 Å². The zero-order valence-electron chi connectivity index (χ0n) is 5.51. The van der Waals surface area contributed by atoms with Crippen LogP contribution in [0.2, 0.25) is 0 Å². The van der Waals surface area contributed by atoms with E-state index in [0.717, 1.165) is 12.4 Å². The highest BCUT2D eigenvalue weighted by Crippen LogP contribution is 2.08. The summed E-state index contributed by atoms with van der Waals surface area (Å²) in [4.78, 5) is 3.27. The Bertz CT molecular complexity index is 234. The largest absolute Gasteiger partial charge is 0.316 e. The maximum atomic E-state index is 12.6. The van der Waals surface area contributed by atoms with Crippen molar-refractivity contribution >= 4 is 0 Å². The summed E-state index contributed by atoms with van der Waals surface area (Å²) in [7, 11) is 0. The smallest absolute Gasteiger partial charge is 0.148 e. The molecule has 0 aliphatic carbocycles. The standard InChI is InChI=1S/C6H6F2N2O/c7-5-2-9-3-6(8)4(5)1-10-11/h2-3,10-11H,1H2. The Morgan fingerprint density at radius 3 is 2.36 bits per heavy atom. The third kappa shape index (κ3) is 1.69. The molecule has 0 fully saturated rings. The Morgan fingerprint density at radius 1 is 1.36 bits per heavy atom. The molecule has 3 nitrogen and oxygen atoms in total. The Morgan fingerprint density at radius 2 is 1.91 bits per heavy atom. The number of hydrogen-bond acceptors (Lipinski definition) is 3. The van der Waals surface area contributed by atoms with Gasteiger partial charge in [0.2, 0.25) is 0 Å². The molecular formula is C6H6F2N2O. The lowest BCUT2D eigenvalue weighted by atomic mass is 10.2. The number of pyridine rings is 1. The van der Waals surface area contributed by atoms with Gasteiger partial charge in [0, 0.05) is 5.56 Å². The summed E-state index contributed by atoms with van der Waals surface area (Å²) in [6.45, 7) is -0.264. The molecule has 0 bridgehead atoms. The van der Waals surface area contributed by atoms with E-state index < -0.39 is 11.6 Å². The van der Waals surface area contributed by atoms with E-state index in [1.807, 2.05) is 0 Å². The van der Waals surface area contributed by atoms with Gasteiger partial charge in [-0.25, -0.2) is 14.3 Å². The topological polar surface area (TPSA) is 45.1 Å². The molecule has 0 spiro atoms. The van der Waals surface area contributed by atoms with Crippen LogP contribution in [0.4, 0.5) is 8.78 Å². The Hall–Kier alpha value is -1.07. The number of hydroxylamine groups is 1. The molecule has 0 unspecified atom stereocenters.